The molecule has 0 aliphatic carbocycles. The lowest BCUT2D eigenvalue weighted by molar-refractivity contribution is 0.0726. The van der Waals surface area contributed by atoms with Crippen LogP contribution in [0.5, 0.6) is 17.2 Å². The Morgan fingerprint density at radius 1 is 0.971 bits per heavy atom. The summed E-state index contributed by atoms with van der Waals surface area (Å²) in [4.78, 5) is 17.9. The van der Waals surface area contributed by atoms with Crippen molar-refractivity contribution >= 4 is 11.6 Å². The van der Waals surface area contributed by atoms with Crippen molar-refractivity contribution in [2.45, 2.75) is 33.2 Å². The van der Waals surface area contributed by atoms with Crippen LogP contribution in [-0.4, -0.2) is 49.0 Å². The lowest BCUT2D eigenvalue weighted by atomic mass is 10.1. The normalized spacial score (nSPS) is 13.6. The lowest BCUT2D eigenvalue weighted by Gasteiger charge is -2.26. The van der Waals surface area contributed by atoms with E-state index < -0.39 is 0 Å². The van der Waals surface area contributed by atoms with Crippen molar-refractivity contribution in [3.8, 4) is 17.2 Å². The second kappa shape index (κ2) is 11.3. The number of nitrogens with two attached hydrogens (primary N) is 1. The van der Waals surface area contributed by atoms with Crippen molar-refractivity contribution in [1.29, 1.82) is 0 Å². The molecule has 2 N–H and O–H groups in total. The summed E-state index contributed by atoms with van der Waals surface area (Å²) in [5.74, 6) is 1.99. The Morgan fingerprint density at radius 2 is 1.74 bits per heavy atom. The number of carbonyl (C=O) groups excluding carboxylic acids is 1. The van der Waals surface area contributed by atoms with Crippen molar-refractivity contribution < 1.29 is 14.3 Å². The highest BCUT2D eigenvalue weighted by atomic mass is 16.5. The van der Waals surface area contributed by atoms with Crippen molar-refractivity contribution in [2.24, 2.45) is 0 Å². The largest absolute Gasteiger partial charge is 0.496 e. The second-order valence-electron chi connectivity index (χ2n) is 9.19. The van der Waals surface area contributed by atoms with E-state index in [2.05, 4.69) is 11.8 Å². The number of aryl methyl sites for hydroxylation is 2. The number of hydrogen-bond acceptors (Lipinski definition) is 5. The predicted octanol–water partition coefficient (Wildman–Crippen LogP) is 5.42. The summed E-state index contributed by atoms with van der Waals surface area (Å²) < 4.78 is 11.5. The number of para-hydroxylation sites is 1. The zero-order valence-electron chi connectivity index (χ0n) is 20.9. The van der Waals surface area contributed by atoms with Crippen molar-refractivity contribution in [1.82, 2.24) is 9.80 Å². The summed E-state index contributed by atoms with van der Waals surface area (Å²) in [6.07, 6.45) is 2.44. The van der Waals surface area contributed by atoms with Gasteiger partial charge in [-0.1, -0.05) is 24.3 Å². The van der Waals surface area contributed by atoms with Gasteiger partial charge in [-0.2, -0.15) is 0 Å². The van der Waals surface area contributed by atoms with E-state index in [4.69, 9.17) is 15.2 Å². The van der Waals surface area contributed by atoms with E-state index in [-0.39, 0.29) is 5.91 Å². The third kappa shape index (κ3) is 6.14. The van der Waals surface area contributed by atoms with Gasteiger partial charge in [0, 0.05) is 30.8 Å². The van der Waals surface area contributed by atoms with Crippen LogP contribution in [0.2, 0.25) is 0 Å². The molecule has 1 saturated heterocycles. The van der Waals surface area contributed by atoms with Gasteiger partial charge in [-0.15, -0.1) is 0 Å². The second-order valence-corrected chi connectivity index (χ2v) is 9.19. The molecule has 0 unspecified atom stereocenters. The molecule has 184 valence electrons. The molecule has 6 nitrogen and oxygen atoms in total. The molecule has 6 heteroatoms. The van der Waals surface area contributed by atoms with Crippen molar-refractivity contribution in [3.05, 3.63) is 82.9 Å². The topological polar surface area (TPSA) is 68.0 Å². The van der Waals surface area contributed by atoms with Gasteiger partial charge in [0.15, 0.2) is 0 Å². The third-order valence-electron chi connectivity index (χ3n) is 6.69. The number of likely N-dealkylation sites (tertiary alicyclic amines) is 1. The van der Waals surface area contributed by atoms with Crippen LogP contribution in [-0.2, 0) is 6.54 Å². The summed E-state index contributed by atoms with van der Waals surface area (Å²) >= 11 is 0. The van der Waals surface area contributed by atoms with Crippen LogP contribution in [0, 0.1) is 13.8 Å². The summed E-state index contributed by atoms with van der Waals surface area (Å²) in [6.45, 7) is 8.25. The van der Waals surface area contributed by atoms with Gasteiger partial charge in [-0.25, -0.2) is 0 Å². The predicted molar refractivity (Wildman–Crippen MR) is 140 cm³/mol. The molecule has 0 aromatic heterocycles. The summed E-state index contributed by atoms with van der Waals surface area (Å²) in [7, 11) is 1.66. The number of benzene rings is 3. The monoisotopic (exact) mass is 473 g/mol. The summed E-state index contributed by atoms with van der Waals surface area (Å²) in [6, 6.07) is 19.1. The number of methoxy groups -OCH3 is 1. The lowest BCUT2D eigenvalue weighted by Crippen LogP contribution is -2.37. The standard InChI is InChI=1S/C29H35N3O3/c1-21-10-12-25(18-22(21)2)35-28-13-11-23(19-26(28)30)29(33)32(17-16-31-14-6-7-15-31)20-24-8-4-5-9-27(24)34-3/h4-5,8-13,18-19H,6-7,14-17,20,30H2,1-3H3. The molecule has 1 fully saturated rings. The Bertz CT molecular complexity index is 1170. The minimum atomic E-state index is -0.0560. The molecule has 1 heterocycles. The Morgan fingerprint density at radius 3 is 2.46 bits per heavy atom. The Labute approximate surface area is 208 Å². The van der Waals surface area contributed by atoms with Crippen LogP contribution < -0.4 is 15.2 Å². The first-order valence-electron chi connectivity index (χ1n) is 12.2. The van der Waals surface area contributed by atoms with Crippen LogP contribution in [0.1, 0.15) is 39.9 Å². The van der Waals surface area contributed by atoms with Crippen LogP contribution in [0.3, 0.4) is 0 Å². The fourth-order valence-corrected chi connectivity index (χ4v) is 4.42. The van der Waals surface area contributed by atoms with Gasteiger partial charge < -0.3 is 25.0 Å². The molecular weight excluding hydrogens is 438 g/mol. The number of rotatable bonds is 9. The fraction of sp³-hybridized carbons (Fsp3) is 0.345. The maximum absolute atomic E-state index is 13.6. The smallest absolute Gasteiger partial charge is 0.254 e. The average Bonchev–Trinajstić information content (AvgIpc) is 3.39. The van der Waals surface area contributed by atoms with E-state index in [1.807, 2.05) is 54.3 Å². The molecule has 0 radical (unpaired) electrons. The molecule has 0 atom stereocenters. The number of anilines is 1. The minimum Gasteiger partial charge on any atom is -0.496 e. The zero-order chi connectivity index (χ0) is 24.8. The van der Waals surface area contributed by atoms with Crippen molar-refractivity contribution in [2.75, 3.05) is 39.0 Å². The Balaban J connectivity index is 1.53. The molecule has 3 aromatic rings. The van der Waals surface area contributed by atoms with Crippen LogP contribution >= 0.6 is 0 Å². The first-order valence-corrected chi connectivity index (χ1v) is 12.2. The number of carbonyl (C=O) groups is 1. The SMILES string of the molecule is COc1ccccc1CN(CCN1CCCC1)C(=O)c1ccc(Oc2ccc(C)c(C)c2)c(N)c1. The highest BCUT2D eigenvalue weighted by molar-refractivity contribution is 5.95. The Hall–Kier alpha value is -3.51. The maximum atomic E-state index is 13.6. The molecule has 35 heavy (non-hydrogen) atoms. The average molecular weight is 474 g/mol. The van der Waals surface area contributed by atoms with E-state index in [0.717, 1.165) is 42.3 Å². The number of ether oxygens (including phenoxy) is 2. The molecule has 0 spiro atoms. The van der Waals surface area contributed by atoms with Gasteiger partial charge in [0.25, 0.3) is 5.91 Å². The molecule has 4 rings (SSSR count). The maximum Gasteiger partial charge on any atom is 0.254 e. The molecule has 1 aliphatic rings. The van der Waals surface area contributed by atoms with Crippen LogP contribution in [0.25, 0.3) is 0 Å². The van der Waals surface area contributed by atoms with E-state index in [9.17, 15) is 4.79 Å². The number of nitrogen functional groups attached to an aromatic ring is 1. The summed E-state index contributed by atoms with van der Waals surface area (Å²) in [5, 5.41) is 0. The van der Waals surface area contributed by atoms with Gasteiger partial charge in [0.05, 0.1) is 12.8 Å². The van der Waals surface area contributed by atoms with E-state index >= 15 is 0 Å². The Kier molecular flexibility index (Phi) is 7.93. The van der Waals surface area contributed by atoms with E-state index in [0.29, 0.717) is 30.1 Å². The van der Waals surface area contributed by atoms with Crippen molar-refractivity contribution in [3.63, 3.8) is 0 Å². The van der Waals surface area contributed by atoms with Gasteiger partial charge in [-0.3, -0.25) is 4.79 Å². The fourth-order valence-electron chi connectivity index (χ4n) is 4.42. The molecule has 0 bridgehead atoms. The highest BCUT2D eigenvalue weighted by Crippen LogP contribution is 2.30. The molecular formula is C29H35N3O3. The van der Waals surface area contributed by atoms with Gasteiger partial charge in [0.2, 0.25) is 0 Å². The number of nitrogens with zero attached hydrogens (tertiary/aromatic N) is 2. The van der Waals surface area contributed by atoms with Gasteiger partial charge >= 0.3 is 0 Å². The van der Waals surface area contributed by atoms with Gasteiger partial charge in [-0.05, 0) is 87.3 Å². The molecule has 1 amide bonds. The highest BCUT2D eigenvalue weighted by Gasteiger charge is 2.21. The van der Waals surface area contributed by atoms with E-state index in [1.54, 1.807) is 25.3 Å². The number of amides is 1. The van der Waals surface area contributed by atoms with E-state index in [1.165, 1.54) is 18.4 Å². The minimum absolute atomic E-state index is 0.0560. The van der Waals surface area contributed by atoms with Crippen LogP contribution in [0.4, 0.5) is 5.69 Å². The van der Waals surface area contributed by atoms with Gasteiger partial charge in [0.1, 0.15) is 17.2 Å². The molecule has 1 aliphatic heterocycles. The molecule has 3 aromatic carbocycles. The zero-order valence-corrected chi connectivity index (χ0v) is 20.9. The summed E-state index contributed by atoms with van der Waals surface area (Å²) in [5.41, 5.74) is 10.6. The van der Waals surface area contributed by atoms with Crippen LogP contribution in [0.15, 0.2) is 60.7 Å². The third-order valence-corrected chi connectivity index (χ3v) is 6.69. The number of hydrogen-bond donors (Lipinski definition) is 1. The quantitative estimate of drug-likeness (QED) is 0.420. The first kappa shape index (κ1) is 24.6. The first-order chi connectivity index (χ1) is 16.9. The molecule has 0 saturated carbocycles.